The molecule has 6 rings (SSSR count). The number of nitrogens with zero attached hydrogens (tertiary/aromatic N) is 3. The van der Waals surface area contributed by atoms with E-state index in [1.165, 1.54) is 0 Å². The third kappa shape index (κ3) is 2.38. The molecule has 2 atom stereocenters. The largest absolute Gasteiger partial charge is 0.454 e. The highest BCUT2D eigenvalue weighted by atomic mass is 16.7. The Morgan fingerprint density at radius 2 is 2.03 bits per heavy atom. The first-order valence-corrected chi connectivity index (χ1v) is 10.2. The second-order valence-electron chi connectivity index (χ2n) is 8.09. The summed E-state index contributed by atoms with van der Waals surface area (Å²) in [6, 6.07) is 12.4. The molecular formula is C23H20N4O4. The molecule has 156 valence electrons. The SMILES string of the molecule is Cn1ccnc1[C@@H]1N(C(=O)c2ccc3c(c2)OCO3)CC[C@]12C(=O)Nc1ccccc12. The van der Waals surface area contributed by atoms with E-state index in [1.807, 2.05) is 42.1 Å². The highest BCUT2D eigenvalue weighted by molar-refractivity contribution is 6.08. The predicted octanol–water partition coefficient (Wildman–Crippen LogP) is 2.63. The van der Waals surface area contributed by atoms with Crippen molar-refractivity contribution >= 4 is 17.5 Å². The van der Waals surface area contributed by atoms with E-state index in [4.69, 9.17) is 9.47 Å². The average Bonchev–Trinajstić information content (AvgIpc) is 3.54. The van der Waals surface area contributed by atoms with Gasteiger partial charge < -0.3 is 24.3 Å². The highest BCUT2D eigenvalue weighted by Crippen LogP contribution is 2.54. The number of aryl methyl sites for hydroxylation is 1. The number of benzene rings is 2. The number of rotatable bonds is 2. The number of hydrogen-bond donors (Lipinski definition) is 1. The van der Waals surface area contributed by atoms with Crippen LogP contribution < -0.4 is 14.8 Å². The number of likely N-dealkylation sites (tertiary alicyclic amines) is 1. The van der Waals surface area contributed by atoms with Crippen molar-refractivity contribution in [3.63, 3.8) is 0 Å². The molecule has 2 aromatic carbocycles. The Labute approximate surface area is 178 Å². The van der Waals surface area contributed by atoms with Crippen LogP contribution >= 0.6 is 0 Å². The Morgan fingerprint density at radius 1 is 1.19 bits per heavy atom. The van der Waals surface area contributed by atoms with Gasteiger partial charge in [0.05, 0.1) is 0 Å². The monoisotopic (exact) mass is 416 g/mol. The van der Waals surface area contributed by atoms with Crippen molar-refractivity contribution in [3.8, 4) is 11.5 Å². The third-order valence-electron chi connectivity index (χ3n) is 6.57. The minimum absolute atomic E-state index is 0.0947. The van der Waals surface area contributed by atoms with E-state index in [9.17, 15) is 9.59 Å². The number of ether oxygens (including phenoxy) is 2. The molecular weight excluding hydrogens is 396 g/mol. The molecule has 1 aromatic heterocycles. The second kappa shape index (κ2) is 6.34. The lowest BCUT2D eigenvalue weighted by Gasteiger charge is -2.33. The van der Waals surface area contributed by atoms with Gasteiger partial charge in [0.2, 0.25) is 12.7 Å². The first-order chi connectivity index (χ1) is 15.1. The first-order valence-electron chi connectivity index (χ1n) is 10.2. The maximum absolute atomic E-state index is 13.7. The Kier molecular flexibility index (Phi) is 3.68. The molecule has 1 fully saturated rings. The summed E-state index contributed by atoms with van der Waals surface area (Å²) in [7, 11) is 1.89. The van der Waals surface area contributed by atoms with Gasteiger partial charge in [-0.25, -0.2) is 4.98 Å². The van der Waals surface area contributed by atoms with Crippen molar-refractivity contribution in [1.29, 1.82) is 0 Å². The predicted molar refractivity (Wildman–Crippen MR) is 111 cm³/mol. The number of carbonyl (C=O) groups excluding carboxylic acids is 2. The molecule has 1 saturated heterocycles. The lowest BCUT2D eigenvalue weighted by Crippen LogP contribution is -2.43. The lowest BCUT2D eigenvalue weighted by molar-refractivity contribution is -0.121. The van der Waals surface area contributed by atoms with Gasteiger partial charge in [0.15, 0.2) is 11.5 Å². The van der Waals surface area contributed by atoms with Crippen LogP contribution in [-0.2, 0) is 17.3 Å². The minimum atomic E-state index is -0.887. The van der Waals surface area contributed by atoms with Crippen LogP contribution in [0.5, 0.6) is 11.5 Å². The fourth-order valence-corrected chi connectivity index (χ4v) is 5.10. The normalized spacial score (nSPS) is 23.3. The van der Waals surface area contributed by atoms with Crippen LogP contribution in [-0.4, -0.2) is 39.6 Å². The summed E-state index contributed by atoms with van der Waals surface area (Å²) in [6.45, 7) is 0.583. The Morgan fingerprint density at radius 3 is 2.87 bits per heavy atom. The number of aromatic nitrogens is 2. The molecule has 0 bridgehead atoms. The molecule has 31 heavy (non-hydrogen) atoms. The Balaban J connectivity index is 1.49. The van der Waals surface area contributed by atoms with Crippen molar-refractivity contribution in [1.82, 2.24) is 14.5 Å². The molecule has 0 aliphatic carbocycles. The number of carbonyl (C=O) groups is 2. The number of para-hydroxylation sites is 1. The van der Waals surface area contributed by atoms with E-state index in [0.29, 0.717) is 35.9 Å². The smallest absolute Gasteiger partial charge is 0.254 e. The van der Waals surface area contributed by atoms with Crippen LogP contribution in [0.15, 0.2) is 54.9 Å². The van der Waals surface area contributed by atoms with E-state index in [1.54, 1.807) is 29.3 Å². The van der Waals surface area contributed by atoms with Crippen LogP contribution in [0.4, 0.5) is 5.69 Å². The van der Waals surface area contributed by atoms with E-state index >= 15 is 0 Å². The zero-order valence-electron chi connectivity index (χ0n) is 16.9. The number of fused-ring (bicyclic) bond motifs is 3. The fourth-order valence-electron chi connectivity index (χ4n) is 5.10. The molecule has 1 N–H and O–H groups in total. The van der Waals surface area contributed by atoms with Crippen molar-refractivity contribution in [2.24, 2.45) is 7.05 Å². The van der Waals surface area contributed by atoms with Crippen LogP contribution in [0.25, 0.3) is 0 Å². The summed E-state index contributed by atoms with van der Waals surface area (Å²) >= 11 is 0. The molecule has 8 nitrogen and oxygen atoms in total. The molecule has 3 aliphatic rings. The van der Waals surface area contributed by atoms with Gasteiger partial charge in [0, 0.05) is 37.2 Å². The first kappa shape index (κ1) is 18.0. The topological polar surface area (TPSA) is 85.7 Å². The van der Waals surface area contributed by atoms with Gasteiger partial charge in [0.25, 0.3) is 5.91 Å². The van der Waals surface area contributed by atoms with Gasteiger partial charge in [-0.05, 0) is 36.2 Å². The van der Waals surface area contributed by atoms with Gasteiger partial charge >= 0.3 is 0 Å². The second-order valence-corrected chi connectivity index (χ2v) is 8.09. The summed E-state index contributed by atoms with van der Waals surface area (Å²) in [5.41, 5.74) is 1.31. The summed E-state index contributed by atoms with van der Waals surface area (Å²) in [4.78, 5) is 33.4. The zero-order chi connectivity index (χ0) is 21.2. The van der Waals surface area contributed by atoms with Crippen LogP contribution in [0.3, 0.4) is 0 Å². The maximum atomic E-state index is 13.7. The van der Waals surface area contributed by atoms with Gasteiger partial charge in [-0.15, -0.1) is 0 Å². The standard InChI is InChI=1S/C23H20N4O4/c1-26-11-9-24-20(26)19-23(15-4-2-3-5-16(15)25-22(23)29)8-10-27(19)21(28)14-6-7-17-18(12-14)31-13-30-17/h2-7,9,11-12,19H,8,10,13H2,1H3,(H,25,29)/t19-,23+/m0/s1. The van der Waals surface area contributed by atoms with Crippen molar-refractivity contribution in [2.75, 3.05) is 18.7 Å². The number of amides is 2. The van der Waals surface area contributed by atoms with E-state index in [2.05, 4.69) is 10.3 Å². The van der Waals surface area contributed by atoms with Crippen molar-refractivity contribution < 1.29 is 19.1 Å². The number of nitrogens with one attached hydrogen (secondary N) is 1. The Bertz CT molecular complexity index is 1240. The number of hydrogen-bond acceptors (Lipinski definition) is 5. The van der Waals surface area contributed by atoms with Gasteiger partial charge in [-0.3, -0.25) is 9.59 Å². The summed E-state index contributed by atoms with van der Waals surface area (Å²) in [5.74, 6) is 1.60. The fraction of sp³-hybridized carbons (Fsp3) is 0.261. The van der Waals surface area contributed by atoms with Crippen LogP contribution in [0.2, 0.25) is 0 Å². The number of imidazole rings is 1. The summed E-state index contributed by atoms with van der Waals surface area (Å²) < 4.78 is 12.7. The minimum Gasteiger partial charge on any atom is -0.454 e. The molecule has 1 spiro atoms. The average molecular weight is 416 g/mol. The number of anilines is 1. The summed E-state index contributed by atoms with van der Waals surface area (Å²) in [6.07, 6.45) is 4.05. The van der Waals surface area contributed by atoms with Crippen molar-refractivity contribution in [2.45, 2.75) is 17.9 Å². The molecule has 3 aromatic rings. The zero-order valence-corrected chi connectivity index (χ0v) is 16.9. The van der Waals surface area contributed by atoms with Crippen LogP contribution in [0, 0.1) is 0 Å². The molecule has 0 radical (unpaired) electrons. The molecule has 8 heteroatoms. The van der Waals surface area contributed by atoms with E-state index in [0.717, 1.165) is 11.3 Å². The quantitative estimate of drug-likeness (QED) is 0.694. The molecule has 2 amide bonds. The third-order valence-corrected chi connectivity index (χ3v) is 6.57. The molecule has 0 unspecified atom stereocenters. The maximum Gasteiger partial charge on any atom is 0.254 e. The van der Waals surface area contributed by atoms with Crippen LogP contribution in [0.1, 0.15) is 34.2 Å². The van der Waals surface area contributed by atoms with Gasteiger partial charge in [-0.1, -0.05) is 18.2 Å². The highest BCUT2D eigenvalue weighted by Gasteiger charge is 2.60. The van der Waals surface area contributed by atoms with E-state index in [-0.39, 0.29) is 18.6 Å². The lowest BCUT2D eigenvalue weighted by atomic mass is 9.74. The molecule has 0 saturated carbocycles. The van der Waals surface area contributed by atoms with Gasteiger partial charge in [-0.2, -0.15) is 0 Å². The van der Waals surface area contributed by atoms with E-state index < -0.39 is 11.5 Å². The molecule has 4 heterocycles. The van der Waals surface area contributed by atoms with Gasteiger partial charge in [0.1, 0.15) is 17.3 Å². The summed E-state index contributed by atoms with van der Waals surface area (Å²) in [5, 5.41) is 3.02. The Hall–Kier alpha value is -3.81. The molecule has 3 aliphatic heterocycles. The van der Waals surface area contributed by atoms with Crippen molar-refractivity contribution in [3.05, 3.63) is 71.8 Å².